The van der Waals surface area contributed by atoms with Crippen molar-refractivity contribution < 1.29 is 0 Å². The number of aryl methyl sites for hydroxylation is 1. The molecule has 1 N–H and O–H groups in total. The molecule has 1 aromatic rings. The van der Waals surface area contributed by atoms with Gasteiger partial charge in [0.1, 0.15) is 0 Å². The van der Waals surface area contributed by atoms with E-state index in [0.29, 0.717) is 0 Å². The van der Waals surface area contributed by atoms with Gasteiger partial charge in [-0.2, -0.15) is 0 Å². The number of hydrogen-bond donors (Lipinski definition) is 1. The molecule has 0 aliphatic heterocycles. The summed E-state index contributed by atoms with van der Waals surface area (Å²) in [5.41, 5.74) is 1.30. The Bertz CT molecular complexity index is 423. The zero-order chi connectivity index (χ0) is 13.7. The van der Waals surface area contributed by atoms with Gasteiger partial charge in [-0.15, -0.1) is 24.0 Å². The lowest BCUT2D eigenvalue weighted by molar-refractivity contribution is 0.461. The van der Waals surface area contributed by atoms with E-state index < -0.39 is 0 Å². The molecule has 4 nitrogen and oxygen atoms in total. The molecule has 114 valence electrons. The topological polar surface area (TPSA) is 32.6 Å². The highest BCUT2D eigenvalue weighted by molar-refractivity contribution is 14.0. The number of aliphatic imine (C=N–C) groups is 1. The highest BCUT2D eigenvalue weighted by Gasteiger charge is 2.20. The third-order valence-corrected chi connectivity index (χ3v) is 3.64. The molecule has 1 aliphatic carbocycles. The molecule has 2 rings (SSSR count). The molecule has 1 fully saturated rings. The van der Waals surface area contributed by atoms with E-state index in [0.717, 1.165) is 31.5 Å². The van der Waals surface area contributed by atoms with E-state index in [1.54, 1.807) is 0 Å². The lowest BCUT2D eigenvalue weighted by Crippen LogP contribution is -2.38. The van der Waals surface area contributed by atoms with Crippen LogP contribution < -0.4 is 5.32 Å². The first kappa shape index (κ1) is 17.3. The van der Waals surface area contributed by atoms with Crippen LogP contribution in [0.15, 0.2) is 23.3 Å². The second kappa shape index (κ2) is 8.54. The normalized spacial score (nSPS) is 14.8. The Hall–Kier alpha value is -0.720. The maximum Gasteiger partial charge on any atom is 0.194 e. The van der Waals surface area contributed by atoms with Crippen LogP contribution in [-0.4, -0.2) is 35.6 Å². The van der Waals surface area contributed by atoms with Crippen molar-refractivity contribution in [2.75, 3.05) is 20.1 Å². The Kier molecular flexibility index (Phi) is 7.40. The summed E-state index contributed by atoms with van der Waals surface area (Å²) in [6.07, 6.45) is 6.14. The van der Waals surface area contributed by atoms with Crippen molar-refractivity contribution in [2.45, 2.75) is 32.7 Å². The standard InChI is InChI=1S/C15H26N4.HI/c1-4-16-15(17-10-9-13-7-8-13)19(3)12-14-6-5-11-18(14)2;/h5-6,11,13H,4,7-10,12H2,1-3H3,(H,16,17);1H. The van der Waals surface area contributed by atoms with Crippen LogP contribution in [0, 0.1) is 5.92 Å². The maximum absolute atomic E-state index is 4.73. The molecule has 1 aromatic heterocycles. The predicted octanol–water partition coefficient (Wildman–Crippen LogP) is 2.84. The van der Waals surface area contributed by atoms with Gasteiger partial charge in [0.15, 0.2) is 5.96 Å². The second-order valence-corrected chi connectivity index (χ2v) is 5.43. The van der Waals surface area contributed by atoms with Crippen molar-refractivity contribution in [3.8, 4) is 0 Å². The van der Waals surface area contributed by atoms with Crippen LogP contribution in [-0.2, 0) is 13.6 Å². The fourth-order valence-corrected chi connectivity index (χ4v) is 2.21. The summed E-state index contributed by atoms with van der Waals surface area (Å²) in [4.78, 5) is 6.93. The molecule has 0 spiro atoms. The van der Waals surface area contributed by atoms with Crippen molar-refractivity contribution in [3.63, 3.8) is 0 Å². The molecular formula is C15H27IN4. The number of halogens is 1. The van der Waals surface area contributed by atoms with Crippen LogP contribution in [0.3, 0.4) is 0 Å². The minimum absolute atomic E-state index is 0. The zero-order valence-electron chi connectivity index (χ0n) is 12.8. The number of nitrogens with zero attached hydrogens (tertiary/aromatic N) is 3. The second-order valence-electron chi connectivity index (χ2n) is 5.43. The van der Waals surface area contributed by atoms with E-state index in [9.17, 15) is 0 Å². The average Bonchev–Trinajstić information content (AvgIpc) is 3.13. The maximum atomic E-state index is 4.73. The summed E-state index contributed by atoms with van der Waals surface area (Å²) < 4.78 is 2.16. The molecular weight excluding hydrogens is 363 g/mol. The number of aromatic nitrogens is 1. The predicted molar refractivity (Wildman–Crippen MR) is 95.6 cm³/mol. The Morgan fingerprint density at radius 3 is 2.80 bits per heavy atom. The Morgan fingerprint density at radius 1 is 1.50 bits per heavy atom. The van der Waals surface area contributed by atoms with Crippen molar-refractivity contribution in [1.29, 1.82) is 0 Å². The third kappa shape index (κ3) is 5.34. The van der Waals surface area contributed by atoms with Gasteiger partial charge in [-0.1, -0.05) is 12.8 Å². The fourth-order valence-electron chi connectivity index (χ4n) is 2.21. The number of nitrogens with one attached hydrogen (secondary N) is 1. The summed E-state index contributed by atoms with van der Waals surface area (Å²) in [5.74, 6) is 1.97. The zero-order valence-corrected chi connectivity index (χ0v) is 15.1. The largest absolute Gasteiger partial charge is 0.357 e. The highest BCUT2D eigenvalue weighted by atomic mass is 127. The molecule has 0 saturated heterocycles. The van der Waals surface area contributed by atoms with E-state index >= 15 is 0 Å². The summed E-state index contributed by atoms with van der Waals surface area (Å²) in [7, 11) is 4.19. The van der Waals surface area contributed by atoms with Gasteiger partial charge in [-0.25, -0.2) is 0 Å². The summed E-state index contributed by atoms with van der Waals surface area (Å²) >= 11 is 0. The molecule has 20 heavy (non-hydrogen) atoms. The first-order valence-corrected chi connectivity index (χ1v) is 7.30. The smallest absolute Gasteiger partial charge is 0.194 e. The summed E-state index contributed by atoms with van der Waals surface area (Å²) in [6.45, 7) is 4.87. The van der Waals surface area contributed by atoms with Gasteiger partial charge in [-0.3, -0.25) is 4.99 Å². The summed E-state index contributed by atoms with van der Waals surface area (Å²) in [6, 6.07) is 4.24. The number of guanidine groups is 1. The molecule has 0 atom stereocenters. The molecule has 1 saturated carbocycles. The van der Waals surface area contributed by atoms with Gasteiger partial charge in [0.25, 0.3) is 0 Å². The molecule has 0 amide bonds. The number of rotatable bonds is 6. The molecule has 5 heteroatoms. The lowest BCUT2D eigenvalue weighted by atomic mass is 10.3. The van der Waals surface area contributed by atoms with Gasteiger partial charge in [-0.05, 0) is 31.4 Å². The summed E-state index contributed by atoms with van der Waals surface area (Å²) in [5, 5.41) is 3.38. The molecule has 0 radical (unpaired) electrons. The van der Waals surface area contributed by atoms with Gasteiger partial charge in [0, 0.05) is 39.1 Å². The van der Waals surface area contributed by atoms with Crippen molar-refractivity contribution >= 4 is 29.9 Å². The average molecular weight is 390 g/mol. The molecule has 1 aliphatic rings. The van der Waals surface area contributed by atoms with Crippen LogP contribution in [0.4, 0.5) is 0 Å². The van der Waals surface area contributed by atoms with Crippen molar-refractivity contribution in [2.24, 2.45) is 18.0 Å². The molecule has 0 unspecified atom stereocenters. The minimum atomic E-state index is 0. The molecule has 0 aromatic carbocycles. The van der Waals surface area contributed by atoms with Gasteiger partial charge >= 0.3 is 0 Å². The van der Waals surface area contributed by atoms with Crippen LogP contribution in [0.25, 0.3) is 0 Å². The van der Waals surface area contributed by atoms with Gasteiger partial charge in [0.2, 0.25) is 0 Å². The minimum Gasteiger partial charge on any atom is -0.357 e. The van der Waals surface area contributed by atoms with E-state index in [1.165, 1.54) is 25.0 Å². The Morgan fingerprint density at radius 2 is 2.25 bits per heavy atom. The molecule has 1 heterocycles. The van der Waals surface area contributed by atoms with E-state index in [2.05, 4.69) is 54.1 Å². The Labute approximate surface area is 139 Å². The Balaban J connectivity index is 0.00000200. The first-order chi connectivity index (χ1) is 9.20. The lowest BCUT2D eigenvalue weighted by Gasteiger charge is -2.22. The molecule has 0 bridgehead atoms. The third-order valence-electron chi connectivity index (χ3n) is 3.64. The quantitative estimate of drug-likeness (QED) is 0.460. The van der Waals surface area contributed by atoms with Crippen LogP contribution in [0.1, 0.15) is 31.9 Å². The van der Waals surface area contributed by atoms with Crippen molar-refractivity contribution in [3.05, 3.63) is 24.0 Å². The van der Waals surface area contributed by atoms with Gasteiger partial charge < -0.3 is 14.8 Å². The van der Waals surface area contributed by atoms with E-state index in [-0.39, 0.29) is 24.0 Å². The van der Waals surface area contributed by atoms with Crippen LogP contribution >= 0.6 is 24.0 Å². The first-order valence-electron chi connectivity index (χ1n) is 7.30. The monoisotopic (exact) mass is 390 g/mol. The number of hydrogen-bond acceptors (Lipinski definition) is 1. The SMILES string of the molecule is CCNC(=NCCC1CC1)N(C)Cc1cccn1C.I. The van der Waals surface area contributed by atoms with E-state index in [4.69, 9.17) is 4.99 Å². The van der Waals surface area contributed by atoms with E-state index in [1.807, 2.05) is 0 Å². The van der Waals surface area contributed by atoms with Crippen molar-refractivity contribution in [1.82, 2.24) is 14.8 Å². The van der Waals surface area contributed by atoms with Crippen LogP contribution in [0.5, 0.6) is 0 Å². The highest BCUT2D eigenvalue weighted by Crippen LogP contribution is 2.32. The van der Waals surface area contributed by atoms with Gasteiger partial charge in [0.05, 0.1) is 6.54 Å². The van der Waals surface area contributed by atoms with Crippen LogP contribution in [0.2, 0.25) is 0 Å². The fraction of sp³-hybridized carbons (Fsp3) is 0.667.